The molecule has 14 heavy (non-hydrogen) atoms. The van der Waals surface area contributed by atoms with E-state index in [2.05, 4.69) is 0 Å². The van der Waals surface area contributed by atoms with Crippen LogP contribution in [0.15, 0.2) is 30.6 Å². The number of imide groups is 1. The summed E-state index contributed by atoms with van der Waals surface area (Å²) >= 11 is -0.706. The van der Waals surface area contributed by atoms with Crippen molar-refractivity contribution >= 4 is 11.8 Å². The fourth-order valence-corrected chi connectivity index (χ4v) is 3.27. The van der Waals surface area contributed by atoms with Crippen molar-refractivity contribution in [2.75, 3.05) is 0 Å². The summed E-state index contributed by atoms with van der Waals surface area (Å²) in [6, 6.07) is 5.70. The molecule has 1 aromatic rings. The monoisotopic (exact) mass is 304 g/mol. The SMILES string of the molecule is O=C1CCC(=O)N1[I-][n+]1ccccc1. The fraction of sp³-hybridized carbons (Fsp3) is 0.222. The quantitative estimate of drug-likeness (QED) is 0.330. The van der Waals surface area contributed by atoms with Crippen LogP contribution >= 0.6 is 0 Å². The minimum absolute atomic E-state index is 0.0286. The number of carbonyl (C=O) groups excluding carboxylic acids is 2. The number of pyridine rings is 1. The molecule has 2 amide bonds. The molecule has 0 spiro atoms. The molecule has 1 aromatic heterocycles. The number of amides is 2. The van der Waals surface area contributed by atoms with Gasteiger partial charge in [0.15, 0.2) is 0 Å². The summed E-state index contributed by atoms with van der Waals surface area (Å²) in [5.74, 6) is -0.0571. The number of aromatic nitrogens is 1. The van der Waals surface area contributed by atoms with Gasteiger partial charge in [-0.3, -0.25) is 0 Å². The van der Waals surface area contributed by atoms with E-state index in [0.717, 1.165) is 0 Å². The zero-order valence-corrected chi connectivity index (χ0v) is 9.55. The first kappa shape index (κ1) is 9.57. The molecule has 0 N–H and O–H groups in total. The van der Waals surface area contributed by atoms with Gasteiger partial charge in [0.05, 0.1) is 0 Å². The molecule has 0 bridgehead atoms. The Morgan fingerprint density at radius 1 is 1.07 bits per heavy atom. The predicted molar refractivity (Wildman–Crippen MR) is 43.1 cm³/mol. The van der Waals surface area contributed by atoms with Gasteiger partial charge in [0.2, 0.25) is 0 Å². The Morgan fingerprint density at radius 2 is 1.64 bits per heavy atom. The van der Waals surface area contributed by atoms with E-state index < -0.39 is 21.8 Å². The minimum atomic E-state index is -0.706. The van der Waals surface area contributed by atoms with Crippen LogP contribution in [0.5, 0.6) is 0 Å². The molecule has 4 nitrogen and oxygen atoms in total. The summed E-state index contributed by atoms with van der Waals surface area (Å²) in [5.41, 5.74) is 0. The molecule has 1 aliphatic heterocycles. The number of nitrogens with zero attached hydrogens (tertiary/aromatic N) is 2. The van der Waals surface area contributed by atoms with E-state index >= 15 is 0 Å². The normalized spacial score (nSPS) is 16.7. The van der Waals surface area contributed by atoms with Crippen LogP contribution in [-0.4, -0.2) is 14.9 Å². The van der Waals surface area contributed by atoms with Crippen LogP contribution in [0, 0.1) is 0 Å². The first-order valence-corrected chi connectivity index (χ1v) is 6.18. The van der Waals surface area contributed by atoms with Gasteiger partial charge in [-0.1, -0.05) is 0 Å². The van der Waals surface area contributed by atoms with Crippen LogP contribution in [0.3, 0.4) is 0 Å². The van der Waals surface area contributed by atoms with Crippen molar-refractivity contribution in [3.8, 4) is 0 Å². The van der Waals surface area contributed by atoms with E-state index in [1.165, 1.54) is 3.11 Å². The number of rotatable bonds is 2. The molecule has 0 aromatic carbocycles. The Hall–Kier alpha value is -0.980. The Kier molecular flexibility index (Phi) is 2.76. The molecule has 1 fully saturated rings. The van der Waals surface area contributed by atoms with Gasteiger partial charge in [-0.25, -0.2) is 0 Å². The van der Waals surface area contributed by atoms with Crippen molar-refractivity contribution in [2.24, 2.45) is 0 Å². The van der Waals surface area contributed by atoms with E-state index in [1.807, 2.05) is 33.4 Å². The summed E-state index contributed by atoms with van der Waals surface area (Å²) in [6.07, 6.45) is 4.52. The van der Waals surface area contributed by atoms with E-state index in [-0.39, 0.29) is 11.8 Å². The average Bonchev–Trinajstić information content (AvgIpc) is 2.51. The van der Waals surface area contributed by atoms with Gasteiger partial charge < -0.3 is 0 Å². The van der Waals surface area contributed by atoms with Crippen molar-refractivity contribution in [3.63, 3.8) is 0 Å². The van der Waals surface area contributed by atoms with Crippen LogP contribution in [0.1, 0.15) is 12.8 Å². The number of hydrogen-bond acceptors (Lipinski definition) is 2. The molecular weight excluding hydrogens is 295 g/mol. The first-order chi connectivity index (χ1) is 6.77. The molecule has 74 valence electrons. The number of hydrogen-bond donors (Lipinski definition) is 0. The maximum atomic E-state index is 11.3. The van der Waals surface area contributed by atoms with Crippen LogP contribution in [0.4, 0.5) is 0 Å². The fourth-order valence-electron chi connectivity index (χ4n) is 1.15. The zero-order valence-electron chi connectivity index (χ0n) is 7.39. The summed E-state index contributed by atoms with van der Waals surface area (Å²) in [5, 5.41) is 0. The van der Waals surface area contributed by atoms with E-state index in [0.29, 0.717) is 12.8 Å². The Bertz CT molecular complexity index is 350. The topological polar surface area (TPSA) is 41.3 Å². The third-order valence-corrected chi connectivity index (χ3v) is 4.48. The zero-order chi connectivity index (χ0) is 9.97. The van der Waals surface area contributed by atoms with Crippen molar-refractivity contribution < 1.29 is 34.1 Å². The third kappa shape index (κ3) is 1.92. The molecule has 5 heteroatoms. The predicted octanol–water partition coefficient (Wildman–Crippen LogP) is -3.11. The third-order valence-electron chi connectivity index (χ3n) is 1.83. The molecule has 1 saturated heterocycles. The van der Waals surface area contributed by atoms with Crippen molar-refractivity contribution in [3.05, 3.63) is 30.6 Å². The molecule has 1 aliphatic rings. The van der Waals surface area contributed by atoms with Crippen molar-refractivity contribution in [1.82, 2.24) is 3.11 Å². The standard InChI is InChI=1S/C9H9IN2O2/c13-8-4-5-9(14)12(8)10-11-6-2-1-3-7-11/h1-3,6-7H,4-5H2. The second-order valence-electron chi connectivity index (χ2n) is 2.86. The van der Waals surface area contributed by atoms with Crippen LogP contribution in [0.25, 0.3) is 0 Å². The van der Waals surface area contributed by atoms with Gasteiger partial charge in [0, 0.05) is 0 Å². The van der Waals surface area contributed by atoms with E-state index in [9.17, 15) is 9.59 Å². The Labute approximate surface area is 92.5 Å². The Balaban J connectivity index is 2.11. The molecule has 2 heterocycles. The molecule has 0 atom stereocenters. The number of halogens is 1. The van der Waals surface area contributed by atoms with Crippen LogP contribution in [0.2, 0.25) is 0 Å². The molecule has 0 saturated carbocycles. The first-order valence-electron chi connectivity index (χ1n) is 4.25. The molecule has 0 radical (unpaired) electrons. The second kappa shape index (κ2) is 4.04. The second-order valence-corrected chi connectivity index (χ2v) is 5.37. The number of carbonyl (C=O) groups is 2. The van der Waals surface area contributed by atoms with Gasteiger partial charge in [-0.15, -0.1) is 0 Å². The van der Waals surface area contributed by atoms with Crippen LogP contribution < -0.4 is 24.5 Å². The van der Waals surface area contributed by atoms with Gasteiger partial charge in [0.25, 0.3) is 0 Å². The van der Waals surface area contributed by atoms with Crippen LogP contribution in [-0.2, 0) is 9.59 Å². The van der Waals surface area contributed by atoms with Gasteiger partial charge in [-0.05, 0) is 0 Å². The summed E-state index contributed by atoms with van der Waals surface area (Å²) in [4.78, 5) is 22.6. The van der Waals surface area contributed by atoms with E-state index in [1.54, 1.807) is 0 Å². The maximum absolute atomic E-state index is 11.3. The molecule has 2 rings (SSSR count). The molecule has 0 unspecified atom stereocenters. The molecule has 0 aliphatic carbocycles. The van der Waals surface area contributed by atoms with Crippen molar-refractivity contribution in [1.29, 1.82) is 0 Å². The summed E-state index contributed by atoms with van der Waals surface area (Å²) < 4.78 is 3.32. The average molecular weight is 304 g/mol. The summed E-state index contributed by atoms with van der Waals surface area (Å²) in [7, 11) is 0. The summed E-state index contributed by atoms with van der Waals surface area (Å²) in [6.45, 7) is 0. The van der Waals surface area contributed by atoms with E-state index in [4.69, 9.17) is 0 Å². The molecular formula is C9H9IN2O2. The van der Waals surface area contributed by atoms with Crippen molar-refractivity contribution in [2.45, 2.75) is 12.8 Å². The van der Waals surface area contributed by atoms with Gasteiger partial charge in [0.1, 0.15) is 0 Å². The van der Waals surface area contributed by atoms with Gasteiger partial charge in [-0.2, -0.15) is 0 Å². The Morgan fingerprint density at radius 3 is 2.21 bits per heavy atom. The van der Waals surface area contributed by atoms with Gasteiger partial charge >= 0.3 is 92.5 Å².